The van der Waals surface area contributed by atoms with Gasteiger partial charge in [-0.15, -0.1) is 0 Å². The number of aryl methyl sites for hydroxylation is 1. The molecule has 1 aromatic heterocycles. The van der Waals surface area contributed by atoms with Gasteiger partial charge in [-0.1, -0.05) is 11.6 Å². The standard InChI is InChI=1S/C16H12ClNO2/c1-9-7-12-14(10(2)15(9)17)16(19)13(20-12)8-11-3-5-18-6-4-11/h3-8H,1-2H3. The molecule has 0 atom stereocenters. The SMILES string of the molecule is Cc1cc2c(c(C)c1Cl)C(=O)C(=Cc1ccncc1)O2. The number of benzene rings is 1. The van der Waals surface area contributed by atoms with Crippen LogP contribution in [0.1, 0.15) is 27.0 Å². The molecule has 0 amide bonds. The Hall–Kier alpha value is -2.13. The van der Waals surface area contributed by atoms with Gasteiger partial charge in [0.05, 0.1) is 5.56 Å². The van der Waals surface area contributed by atoms with Gasteiger partial charge in [0.2, 0.25) is 5.78 Å². The van der Waals surface area contributed by atoms with Crippen molar-refractivity contribution < 1.29 is 9.53 Å². The fraction of sp³-hybridized carbons (Fsp3) is 0.125. The molecular formula is C16H12ClNO2. The summed E-state index contributed by atoms with van der Waals surface area (Å²) in [6.45, 7) is 3.73. The summed E-state index contributed by atoms with van der Waals surface area (Å²) in [5, 5.41) is 0.617. The van der Waals surface area contributed by atoms with Gasteiger partial charge in [0.1, 0.15) is 5.75 Å². The Bertz CT molecular complexity index is 736. The summed E-state index contributed by atoms with van der Waals surface area (Å²) < 4.78 is 5.67. The number of allylic oxidation sites excluding steroid dienone is 1. The van der Waals surface area contributed by atoms with E-state index in [0.29, 0.717) is 22.1 Å². The van der Waals surface area contributed by atoms with Crippen molar-refractivity contribution in [3.05, 3.63) is 63.6 Å². The molecule has 20 heavy (non-hydrogen) atoms. The summed E-state index contributed by atoms with van der Waals surface area (Å²) in [7, 11) is 0. The first kappa shape index (κ1) is 12.9. The summed E-state index contributed by atoms with van der Waals surface area (Å²) in [6, 6.07) is 5.44. The number of fused-ring (bicyclic) bond motifs is 1. The Morgan fingerprint density at radius 2 is 1.95 bits per heavy atom. The largest absolute Gasteiger partial charge is 0.452 e. The van der Waals surface area contributed by atoms with Gasteiger partial charge in [-0.2, -0.15) is 0 Å². The van der Waals surface area contributed by atoms with E-state index in [0.717, 1.165) is 16.7 Å². The highest BCUT2D eigenvalue weighted by molar-refractivity contribution is 6.33. The van der Waals surface area contributed by atoms with E-state index in [2.05, 4.69) is 4.98 Å². The van der Waals surface area contributed by atoms with Crippen LogP contribution in [0.5, 0.6) is 5.75 Å². The molecular weight excluding hydrogens is 274 g/mol. The summed E-state index contributed by atoms with van der Waals surface area (Å²) >= 11 is 6.20. The average Bonchev–Trinajstić information content (AvgIpc) is 2.74. The second-order valence-electron chi connectivity index (χ2n) is 4.73. The van der Waals surface area contributed by atoms with Crippen LogP contribution in [0.4, 0.5) is 0 Å². The molecule has 3 rings (SSSR count). The number of ketones is 1. The molecule has 0 aliphatic carbocycles. The molecule has 0 saturated carbocycles. The van der Waals surface area contributed by atoms with Gasteiger partial charge in [0.25, 0.3) is 0 Å². The number of nitrogens with zero attached hydrogens (tertiary/aromatic N) is 1. The van der Waals surface area contributed by atoms with Crippen molar-refractivity contribution in [2.24, 2.45) is 0 Å². The van der Waals surface area contributed by atoms with Gasteiger partial charge < -0.3 is 4.74 Å². The van der Waals surface area contributed by atoms with Crippen LogP contribution >= 0.6 is 11.6 Å². The highest BCUT2D eigenvalue weighted by Crippen LogP contribution is 2.38. The van der Waals surface area contributed by atoms with Crippen molar-refractivity contribution >= 4 is 23.5 Å². The van der Waals surface area contributed by atoms with Crippen LogP contribution in [0.15, 0.2) is 36.4 Å². The third kappa shape index (κ3) is 2.00. The number of hydrogen-bond acceptors (Lipinski definition) is 3. The quantitative estimate of drug-likeness (QED) is 0.744. The topological polar surface area (TPSA) is 39.2 Å². The number of Topliss-reactive ketones (excluding diaryl/α,β-unsaturated/α-hetero) is 1. The Morgan fingerprint density at radius 1 is 1.25 bits per heavy atom. The molecule has 1 aliphatic rings. The molecule has 1 aliphatic heterocycles. The number of hydrogen-bond donors (Lipinski definition) is 0. The minimum absolute atomic E-state index is 0.129. The molecule has 3 nitrogen and oxygen atoms in total. The second kappa shape index (κ2) is 4.76. The smallest absolute Gasteiger partial charge is 0.232 e. The fourth-order valence-corrected chi connectivity index (χ4v) is 2.43. The van der Waals surface area contributed by atoms with Crippen molar-refractivity contribution in [2.45, 2.75) is 13.8 Å². The van der Waals surface area contributed by atoms with Crippen LogP contribution in [-0.4, -0.2) is 10.8 Å². The molecule has 0 N–H and O–H groups in total. The third-order valence-corrected chi connectivity index (χ3v) is 3.90. The highest BCUT2D eigenvalue weighted by Gasteiger charge is 2.30. The molecule has 0 spiro atoms. The first-order valence-corrected chi connectivity index (χ1v) is 6.59. The average molecular weight is 286 g/mol. The van der Waals surface area contributed by atoms with Crippen molar-refractivity contribution in [3.8, 4) is 5.75 Å². The van der Waals surface area contributed by atoms with Crippen molar-refractivity contribution in [2.75, 3.05) is 0 Å². The van der Waals surface area contributed by atoms with E-state index in [9.17, 15) is 4.79 Å². The zero-order chi connectivity index (χ0) is 14.3. The molecule has 100 valence electrons. The molecule has 2 heterocycles. The minimum Gasteiger partial charge on any atom is -0.452 e. The normalized spacial score (nSPS) is 15.3. The molecule has 0 fully saturated rings. The zero-order valence-corrected chi connectivity index (χ0v) is 11.9. The zero-order valence-electron chi connectivity index (χ0n) is 11.1. The molecule has 1 aromatic carbocycles. The monoisotopic (exact) mass is 285 g/mol. The van der Waals surface area contributed by atoms with Crippen LogP contribution < -0.4 is 4.74 Å². The maximum atomic E-state index is 12.4. The van der Waals surface area contributed by atoms with Crippen LogP contribution in [0.25, 0.3) is 6.08 Å². The maximum absolute atomic E-state index is 12.4. The molecule has 4 heteroatoms. The van der Waals surface area contributed by atoms with Crippen LogP contribution in [0.3, 0.4) is 0 Å². The lowest BCUT2D eigenvalue weighted by atomic mass is 10.0. The molecule has 0 saturated heterocycles. The van der Waals surface area contributed by atoms with E-state index in [1.165, 1.54) is 0 Å². The summed E-state index contributed by atoms with van der Waals surface area (Å²) in [5.41, 5.74) is 3.10. The molecule has 0 radical (unpaired) electrons. The molecule has 0 unspecified atom stereocenters. The number of carbonyl (C=O) groups excluding carboxylic acids is 1. The van der Waals surface area contributed by atoms with Gasteiger partial charge in [-0.05, 0) is 54.8 Å². The van der Waals surface area contributed by atoms with Gasteiger partial charge in [-0.25, -0.2) is 0 Å². The lowest BCUT2D eigenvalue weighted by molar-refractivity contribution is 0.101. The van der Waals surface area contributed by atoms with Crippen LogP contribution in [0, 0.1) is 13.8 Å². The van der Waals surface area contributed by atoms with Crippen molar-refractivity contribution in [1.82, 2.24) is 4.98 Å². The predicted molar refractivity (Wildman–Crippen MR) is 78.1 cm³/mol. The van der Waals surface area contributed by atoms with E-state index in [1.807, 2.05) is 26.0 Å². The lowest BCUT2D eigenvalue weighted by Gasteiger charge is -2.05. The van der Waals surface area contributed by atoms with Gasteiger partial charge in [0.15, 0.2) is 5.76 Å². The Balaban J connectivity index is 2.08. The molecule has 2 aromatic rings. The maximum Gasteiger partial charge on any atom is 0.232 e. The first-order chi connectivity index (χ1) is 9.58. The highest BCUT2D eigenvalue weighted by atomic mass is 35.5. The van der Waals surface area contributed by atoms with E-state index >= 15 is 0 Å². The summed E-state index contributed by atoms with van der Waals surface area (Å²) in [6.07, 6.45) is 5.06. The lowest BCUT2D eigenvalue weighted by Crippen LogP contribution is -2.00. The number of carbonyl (C=O) groups is 1. The number of aromatic nitrogens is 1. The van der Waals surface area contributed by atoms with E-state index < -0.39 is 0 Å². The van der Waals surface area contributed by atoms with Gasteiger partial charge in [-0.3, -0.25) is 9.78 Å². The first-order valence-electron chi connectivity index (χ1n) is 6.22. The number of ether oxygens (including phenoxy) is 1. The number of rotatable bonds is 1. The van der Waals surface area contributed by atoms with Crippen molar-refractivity contribution in [3.63, 3.8) is 0 Å². The Kier molecular flexibility index (Phi) is 3.07. The summed E-state index contributed by atoms with van der Waals surface area (Å²) in [4.78, 5) is 16.4. The van der Waals surface area contributed by atoms with E-state index in [-0.39, 0.29) is 5.78 Å². The Morgan fingerprint density at radius 3 is 2.65 bits per heavy atom. The van der Waals surface area contributed by atoms with Crippen molar-refractivity contribution in [1.29, 1.82) is 0 Å². The molecule has 0 bridgehead atoms. The van der Waals surface area contributed by atoms with E-state index in [4.69, 9.17) is 16.3 Å². The fourth-order valence-electron chi connectivity index (χ4n) is 2.28. The third-order valence-electron chi connectivity index (χ3n) is 3.32. The predicted octanol–water partition coefficient (Wildman–Crippen LogP) is 3.97. The number of pyridine rings is 1. The van der Waals surface area contributed by atoms with E-state index in [1.54, 1.807) is 24.5 Å². The summed E-state index contributed by atoms with van der Waals surface area (Å²) in [5.74, 6) is 0.766. The second-order valence-corrected chi connectivity index (χ2v) is 5.10. The Labute approximate surface area is 121 Å². The van der Waals surface area contributed by atoms with Crippen LogP contribution in [0.2, 0.25) is 5.02 Å². The minimum atomic E-state index is -0.129. The number of halogens is 1. The van der Waals surface area contributed by atoms with Gasteiger partial charge in [0, 0.05) is 17.4 Å². The van der Waals surface area contributed by atoms with Crippen LogP contribution in [-0.2, 0) is 0 Å². The van der Waals surface area contributed by atoms with Gasteiger partial charge >= 0.3 is 0 Å².